The fourth-order valence-electron chi connectivity index (χ4n) is 3.72. The van der Waals surface area contributed by atoms with Gasteiger partial charge in [-0.15, -0.1) is 0 Å². The van der Waals surface area contributed by atoms with Crippen molar-refractivity contribution in [1.29, 1.82) is 0 Å². The second-order valence-corrected chi connectivity index (χ2v) is 7.44. The second kappa shape index (κ2) is 9.25. The van der Waals surface area contributed by atoms with Gasteiger partial charge < -0.3 is 0 Å². The summed E-state index contributed by atoms with van der Waals surface area (Å²) >= 11 is 0. The Morgan fingerprint density at radius 2 is 1.96 bits per heavy atom. The van der Waals surface area contributed by atoms with E-state index in [1.54, 1.807) is 0 Å². The number of allylic oxidation sites excluding steroid dienone is 5. The minimum Gasteiger partial charge on any atom is -0.294 e. The Bertz CT molecular complexity index is 480. The summed E-state index contributed by atoms with van der Waals surface area (Å²) in [5.74, 6) is 0.838. The van der Waals surface area contributed by atoms with E-state index in [-0.39, 0.29) is 5.41 Å². The minimum absolute atomic E-state index is 0.194. The van der Waals surface area contributed by atoms with Gasteiger partial charge in [-0.05, 0) is 38.0 Å². The predicted octanol–water partition coefficient (Wildman–Crippen LogP) is 6.80. The van der Waals surface area contributed by atoms with Gasteiger partial charge in [0.15, 0.2) is 5.78 Å². The normalized spacial score (nSPS) is 25.4. The molecule has 1 rings (SSSR count). The molecule has 0 N–H and O–H groups in total. The molecule has 0 aromatic carbocycles. The number of hydrogen-bond acceptors (Lipinski definition) is 1. The Morgan fingerprint density at radius 3 is 2.52 bits per heavy atom. The Balaban J connectivity index is 2.86. The molecule has 0 saturated carbocycles. The molecule has 130 valence electrons. The Morgan fingerprint density at radius 1 is 1.26 bits per heavy atom. The molecule has 0 aromatic heterocycles. The largest absolute Gasteiger partial charge is 0.294 e. The van der Waals surface area contributed by atoms with Gasteiger partial charge in [-0.1, -0.05) is 83.8 Å². The van der Waals surface area contributed by atoms with Gasteiger partial charge in [0, 0.05) is 11.0 Å². The standard InChI is InChI=1S/C22H36O/c1-7-10-11-12-13-17(4)14-15-20-19(8-2)18(5)16-22(6,9-3)21(20)23/h14-15,18H,4,7-13,16H2,1-3,5-6H3/b15-14-. The lowest BCUT2D eigenvalue weighted by atomic mass is 9.66. The van der Waals surface area contributed by atoms with Crippen molar-refractivity contribution in [3.05, 3.63) is 35.5 Å². The highest BCUT2D eigenvalue weighted by molar-refractivity contribution is 6.03. The first-order chi connectivity index (χ1) is 10.9. The van der Waals surface area contributed by atoms with E-state index in [0.29, 0.717) is 11.7 Å². The summed E-state index contributed by atoms with van der Waals surface area (Å²) in [4.78, 5) is 13.0. The summed E-state index contributed by atoms with van der Waals surface area (Å²) in [6.07, 6.45) is 13.1. The van der Waals surface area contributed by atoms with Crippen LogP contribution in [0.25, 0.3) is 0 Å². The van der Waals surface area contributed by atoms with Crippen LogP contribution in [0.3, 0.4) is 0 Å². The van der Waals surface area contributed by atoms with E-state index in [0.717, 1.165) is 36.8 Å². The third-order valence-corrected chi connectivity index (χ3v) is 5.49. The number of rotatable bonds is 9. The molecule has 0 aromatic rings. The third kappa shape index (κ3) is 5.19. The summed E-state index contributed by atoms with van der Waals surface area (Å²) < 4.78 is 0. The van der Waals surface area contributed by atoms with E-state index in [9.17, 15) is 4.79 Å². The Hall–Kier alpha value is -1.11. The zero-order chi connectivity index (χ0) is 17.5. The van der Waals surface area contributed by atoms with Crippen molar-refractivity contribution in [2.24, 2.45) is 11.3 Å². The molecule has 23 heavy (non-hydrogen) atoms. The third-order valence-electron chi connectivity index (χ3n) is 5.49. The van der Waals surface area contributed by atoms with Crippen LogP contribution in [0.2, 0.25) is 0 Å². The Labute approximate surface area is 143 Å². The fourth-order valence-corrected chi connectivity index (χ4v) is 3.72. The molecule has 1 heteroatoms. The van der Waals surface area contributed by atoms with Crippen LogP contribution in [-0.4, -0.2) is 5.78 Å². The van der Waals surface area contributed by atoms with Crippen molar-refractivity contribution in [2.75, 3.05) is 0 Å². The van der Waals surface area contributed by atoms with E-state index in [2.05, 4.69) is 53.3 Å². The maximum Gasteiger partial charge on any atom is 0.168 e. The van der Waals surface area contributed by atoms with Gasteiger partial charge in [0.25, 0.3) is 0 Å². The lowest BCUT2D eigenvalue weighted by Crippen LogP contribution is -2.35. The van der Waals surface area contributed by atoms with Crippen molar-refractivity contribution in [2.45, 2.75) is 86.0 Å². The lowest BCUT2D eigenvalue weighted by Gasteiger charge is -2.37. The minimum atomic E-state index is -0.194. The SMILES string of the molecule is C=C(/C=C\C1=C(CC)C(C)CC(C)(CC)C1=O)CCCCCC. The van der Waals surface area contributed by atoms with Gasteiger partial charge in [-0.2, -0.15) is 0 Å². The van der Waals surface area contributed by atoms with Crippen molar-refractivity contribution in [1.82, 2.24) is 0 Å². The van der Waals surface area contributed by atoms with Crippen LogP contribution in [0.4, 0.5) is 0 Å². The molecule has 0 aliphatic heterocycles. The van der Waals surface area contributed by atoms with Gasteiger partial charge in [0.05, 0.1) is 0 Å². The molecule has 0 bridgehead atoms. The van der Waals surface area contributed by atoms with Crippen LogP contribution in [-0.2, 0) is 4.79 Å². The van der Waals surface area contributed by atoms with Crippen molar-refractivity contribution in [3.8, 4) is 0 Å². The van der Waals surface area contributed by atoms with E-state index < -0.39 is 0 Å². The van der Waals surface area contributed by atoms with Crippen molar-refractivity contribution < 1.29 is 4.79 Å². The average Bonchev–Trinajstić information content (AvgIpc) is 2.53. The molecule has 1 nitrogen and oxygen atoms in total. The molecule has 0 radical (unpaired) electrons. The molecule has 0 heterocycles. The number of hydrogen-bond donors (Lipinski definition) is 0. The van der Waals surface area contributed by atoms with E-state index in [1.165, 1.54) is 31.3 Å². The van der Waals surface area contributed by atoms with Gasteiger partial charge in [0.2, 0.25) is 0 Å². The van der Waals surface area contributed by atoms with Gasteiger partial charge >= 0.3 is 0 Å². The first-order valence-electron chi connectivity index (χ1n) is 9.53. The molecule has 1 aliphatic rings. The van der Waals surface area contributed by atoms with E-state index in [1.807, 2.05) is 0 Å². The number of ketones is 1. The fraction of sp³-hybridized carbons (Fsp3) is 0.682. The molecule has 0 spiro atoms. The molecule has 0 amide bonds. The van der Waals surface area contributed by atoms with Gasteiger partial charge in [-0.3, -0.25) is 4.79 Å². The van der Waals surface area contributed by atoms with Crippen LogP contribution in [0, 0.1) is 11.3 Å². The summed E-state index contributed by atoms with van der Waals surface area (Å²) in [6.45, 7) is 15.1. The molecule has 1 aliphatic carbocycles. The van der Waals surface area contributed by atoms with E-state index >= 15 is 0 Å². The zero-order valence-corrected chi connectivity index (χ0v) is 16.0. The van der Waals surface area contributed by atoms with Crippen LogP contribution in [0.1, 0.15) is 86.0 Å². The molecule has 0 saturated heterocycles. The number of carbonyl (C=O) groups is 1. The maximum absolute atomic E-state index is 13.0. The summed E-state index contributed by atoms with van der Waals surface area (Å²) in [5.41, 5.74) is 3.25. The first-order valence-corrected chi connectivity index (χ1v) is 9.53. The summed E-state index contributed by atoms with van der Waals surface area (Å²) in [7, 11) is 0. The maximum atomic E-state index is 13.0. The zero-order valence-electron chi connectivity index (χ0n) is 16.0. The number of unbranched alkanes of at least 4 members (excludes halogenated alkanes) is 3. The van der Waals surface area contributed by atoms with Crippen molar-refractivity contribution >= 4 is 5.78 Å². The topological polar surface area (TPSA) is 17.1 Å². The number of carbonyl (C=O) groups excluding carboxylic acids is 1. The van der Waals surface area contributed by atoms with Crippen LogP contribution >= 0.6 is 0 Å². The smallest absolute Gasteiger partial charge is 0.168 e. The predicted molar refractivity (Wildman–Crippen MR) is 102 cm³/mol. The molecular formula is C22H36O. The second-order valence-electron chi connectivity index (χ2n) is 7.44. The van der Waals surface area contributed by atoms with E-state index in [4.69, 9.17) is 0 Å². The first kappa shape index (κ1) is 19.9. The summed E-state index contributed by atoms with van der Waals surface area (Å²) in [5, 5.41) is 0. The summed E-state index contributed by atoms with van der Waals surface area (Å²) in [6, 6.07) is 0. The highest BCUT2D eigenvalue weighted by Gasteiger charge is 2.39. The average molecular weight is 317 g/mol. The monoisotopic (exact) mass is 316 g/mol. The van der Waals surface area contributed by atoms with Crippen molar-refractivity contribution in [3.63, 3.8) is 0 Å². The van der Waals surface area contributed by atoms with Gasteiger partial charge in [-0.25, -0.2) is 0 Å². The van der Waals surface area contributed by atoms with Crippen LogP contribution in [0.5, 0.6) is 0 Å². The number of Topliss-reactive ketones (excluding diaryl/α,β-unsaturated/α-hetero) is 1. The quantitative estimate of drug-likeness (QED) is 0.337. The molecular weight excluding hydrogens is 280 g/mol. The molecule has 2 atom stereocenters. The Kier molecular flexibility index (Phi) is 8.02. The highest BCUT2D eigenvalue weighted by Crippen LogP contribution is 2.43. The molecule has 2 unspecified atom stereocenters. The van der Waals surface area contributed by atoms with Gasteiger partial charge in [0.1, 0.15) is 0 Å². The van der Waals surface area contributed by atoms with Crippen LogP contribution in [0.15, 0.2) is 35.5 Å². The van der Waals surface area contributed by atoms with Crippen LogP contribution < -0.4 is 0 Å². The highest BCUT2D eigenvalue weighted by atomic mass is 16.1. The lowest BCUT2D eigenvalue weighted by molar-refractivity contribution is -0.125. The molecule has 0 fully saturated rings.